The van der Waals surface area contributed by atoms with E-state index in [0.29, 0.717) is 10.6 Å². The monoisotopic (exact) mass is 313 g/mol. The number of hydrogen-bond donors (Lipinski definition) is 0. The zero-order valence-corrected chi connectivity index (χ0v) is 12.2. The maximum absolute atomic E-state index is 14.2. The third-order valence-electron chi connectivity index (χ3n) is 2.82. The second-order valence-corrected chi connectivity index (χ2v) is 4.87. The van der Waals surface area contributed by atoms with E-state index in [2.05, 4.69) is 9.72 Å². The second kappa shape index (κ2) is 5.77. The molecular formula is C14H10Cl2FNO2. The molecule has 6 heteroatoms. The molecule has 0 unspecified atom stereocenters. The van der Waals surface area contributed by atoms with Crippen molar-refractivity contribution >= 4 is 29.2 Å². The van der Waals surface area contributed by atoms with Crippen LogP contribution in [0.5, 0.6) is 0 Å². The fourth-order valence-electron chi connectivity index (χ4n) is 1.69. The first-order valence-corrected chi connectivity index (χ1v) is 6.41. The number of halogens is 3. The number of carbonyl (C=O) groups excluding carboxylic acids is 1. The molecule has 0 bridgehead atoms. The molecule has 20 heavy (non-hydrogen) atoms. The third kappa shape index (κ3) is 2.62. The first kappa shape index (κ1) is 14.8. The van der Waals surface area contributed by atoms with Crippen LogP contribution in [0.4, 0.5) is 4.39 Å². The van der Waals surface area contributed by atoms with Gasteiger partial charge in [-0.3, -0.25) is 0 Å². The van der Waals surface area contributed by atoms with Gasteiger partial charge in [0.25, 0.3) is 0 Å². The lowest BCUT2D eigenvalue weighted by Crippen LogP contribution is -2.06. The van der Waals surface area contributed by atoms with E-state index in [1.54, 1.807) is 13.0 Å². The number of aromatic nitrogens is 1. The van der Waals surface area contributed by atoms with Gasteiger partial charge in [0.05, 0.1) is 17.8 Å². The van der Waals surface area contributed by atoms with Crippen molar-refractivity contribution in [2.45, 2.75) is 6.92 Å². The first-order chi connectivity index (χ1) is 9.45. The minimum absolute atomic E-state index is 0.0568. The lowest BCUT2D eigenvalue weighted by Gasteiger charge is -2.09. The summed E-state index contributed by atoms with van der Waals surface area (Å²) >= 11 is 11.7. The van der Waals surface area contributed by atoms with Crippen molar-refractivity contribution in [1.82, 2.24) is 4.98 Å². The summed E-state index contributed by atoms with van der Waals surface area (Å²) in [7, 11) is 1.22. The average molecular weight is 314 g/mol. The van der Waals surface area contributed by atoms with E-state index in [9.17, 15) is 9.18 Å². The summed E-state index contributed by atoms with van der Waals surface area (Å²) in [6.45, 7) is 1.57. The fraction of sp³-hybridized carbons (Fsp3) is 0.143. The molecule has 0 aliphatic carbocycles. The van der Waals surface area contributed by atoms with Crippen molar-refractivity contribution in [3.05, 3.63) is 51.4 Å². The predicted molar refractivity (Wildman–Crippen MR) is 75.7 cm³/mol. The highest BCUT2D eigenvalue weighted by molar-refractivity contribution is 6.33. The second-order valence-electron chi connectivity index (χ2n) is 4.05. The van der Waals surface area contributed by atoms with Crippen LogP contribution in [0.3, 0.4) is 0 Å². The molecule has 0 radical (unpaired) electrons. The summed E-state index contributed by atoms with van der Waals surface area (Å²) in [6.07, 6.45) is 0. The van der Waals surface area contributed by atoms with Gasteiger partial charge < -0.3 is 4.74 Å². The smallest absolute Gasteiger partial charge is 0.358 e. The number of hydrogen-bond acceptors (Lipinski definition) is 3. The van der Waals surface area contributed by atoms with Gasteiger partial charge in [-0.05, 0) is 31.2 Å². The number of ether oxygens (including phenoxy) is 1. The maximum atomic E-state index is 14.2. The summed E-state index contributed by atoms with van der Waals surface area (Å²) in [5, 5.41) is 0.472. The Kier molecular flexibility index (Phi) is 4.26. The Morgan fingerprint density at radius 3 is 2.50 bits per heavy atom. The van der Waals surface area contributed by atoms with E-state index in [4.69, 9.17) is 23.2 Å². The number of carbonyl (C=O) groups is 1. The number of methoxy groups -OCH3 is 1. The Morgan fingerprint density at radius 2 is 1.85 bits per heavy atom. The Labute approximate surface area is 125 Å². The predicted octanol–water partition coefficient (Wildman–Crippen LogP) is 4.29. The van der Waals surface area contributed by atoms with Gasteiger partial charge in [-0.15, -0.1) is 0 Å². The molecule has 1 aromatic heterocycles. The molecule has 2 aromatic rings. The molecule has 0 aliphatic heterocycles. The summed E-state index contributed by atoms with van der Waals surface area (Å²) in [4.78, 5) is 15.6. The molecule has 0 N–H and O–H groups in total. The molecule has 3 nitrogen and oxygen atoms in total. The van der Waals surface area contributed by atoms with Gasteiger partial charge in [-0.25, -0.2) is 14.2 Å². The molecule has 1 heterocycles. The van der Waals surface area contributed by atoms with Crippen molar-refractivity contribution in [1.29, 1.82) is 0 Å². The van der Waals surface area contributed by atoms with Crippen molar-refractivity contribution in [3.63, 3.8) is 0 Å². The average Bonchev–Trinajstić information content (AvgIpc) is 2.45. The van der Waals surface area contributed by atoms with Gasteiger partial charge in [0.2, 0.25) is 0 Å². The normalized spacial score (nSPS) is 10.4. The molecule has 1 aromatic carbocycles. The van der Waals surface area contributed by atoms with Crippen LogP contribution in [0.1, 0.15) is 16.1 Å². The molecule has 104 valence electrons. The van der Waals surface area contributed by atoms with E-state index in [-0.39, 0.29) is 22.0 Å². The van der Waals surface area contributed by atoms with E-state index in [0.717, 1.165) is 0 Å². The Balaban J connectivity index is 2.60. The zero-order valence-electron chi connectivity index (χ0n) is 10.7. The fourth-order valence-corrected chi connectivity index (χ4v) is 2.02. The van der Waals surface area contributed by atoms with Crippen LogP contribution in [0, 0.1) is 12.7 Å². The van der Waals surface area contributed by atoms with E-state index < -0.39 is 11.8 Å². The Bertz CT molecular complexity index is 689. The minimum Gasteiger partial charge on any atom is -0.464 e. The van der Waals surface area contributed by atoms with Gasteiger partial charge in [-0.1, -0.05) is 23.2 Å². The SMILES string of the molecule is COC(=O)c1nc(-c2ccc(Cl)c(C)c2F)ccc1Cl. The van der Waals surface area contributed by atoms with Crippen LogP contribution in [0.25, 0.3) is 11.3 Å². The molecule has 0 spiro atoms. The van der Waals surface area contributed by atoms with Crippen molar-refractivity contribution in [3.8, 4) is 11.3 Å². The molecule has 0 saturated heterocycles. The van der Waals surface area contributed by atoms with Gasteiger partial charge in [0.15, 0.2) is 5.69 Å². The van der Waals surface area contributed by atoms with Crippen molar-refractivity contribution in [2.24, 2.45) is 0 Å². The quantitative estimate of drug-likeness (QED) is 0.776. The minimum atomic E-state index is -0.678. The highest BCUT2D eigenvalue weighted by atomic mass is 35.5. The van der Waals surface area contributed by atoms with Crippen molar-refractivity contribution < 1.29 is 13.9 Å². The van der Waals surface area contributed by atoms with Gasteiger partial charge in [0, 0.05) is 16.1 Å². The van der Waals surface area contributed by atoms with E-state index >= 15 is 0 Å². The highest BCUT2D eigenvalue weighted by Gasteiger charge is 2.17. The van der Waals surface area contributed by atoms with Crippen LogP contribution >= 0.6 is 23.2 Å². The Hall–Kier alpha value is -1.65. The zero-order chi connectivity index (χ0) is 14.9. The summed E-state index contributed by atoms with van der Waals surface area (Å²) in [5.74, 6) is -1.16. The largest absolute Gasteiger partial charge is 0.464 e. The molecular weight excluding hydrogens is 304 g/mol. The number of nitrogens with zero attached hydrogens (tertiary/aromatic N) is 1. The van der Waals surface area contributed by atoms with Crippen molar-refractivity contribution in [2.75, 3.05) is 7.11 Å². The lowest BCUT2D eigenvalue weighted by molar-refractivity contribution is 0.0594. The third-order valence-corrected chi connectivity index (χ3v) is 3.54. The molecule has 0 fully saturated rings. The summed E-state index contributed by atoms with van der Waals surface area (Å²) < 4.78 is 18.8. The van der Waals surface area contributed by atoms with Crippen LogP contribution in [-0.4, -0.2) is 18.1 Å². The first-order valence-electron chi connectivity index (χ1n) is 5.65. The summed E-state index contributed by atoms with van der Waals surface area (Å²) in [5.41, 5.74) is 0.792. The van der Waals surface area contributed by atoms with E-state index in [1.807, 2.05) is 0 Å². The molecule has 0 amide bonds. The number of pyridine rings is 1. The standard InChI is InChI=1S/C14H10Cl2FNO2/c1-7-9(15)4-3-8(12(7)17)11-6-5-10(16)13(18-11)14(19)20-2/h3-6H,1-2H3. The van der Waals surface area contributed by atoms with Crippen LogP contribution in [0.15, 0.2) is 24.3 Å². The molecule has 0 atom stereocenters. The van der Waals surface area contributed by atoms with Crippen LogP contribution in [0.2, 0.25) is 10.0 Å². The maximum Gasteiger partial charge on any atom is 0.358 e. The van der Waals surface area contributed by atoms with E-state index in [1.165, 1.54) is 25.3 Å². The number of rotatable bonds is 2. The number of benzene rings is 1. The van der Waals surface area contributed by atoms with Gasteiger partial charge >= 0.3 is 5.97 Å². The van der Waals surface area contributed by atoms with Crippen LogP contribution < -0.4 is 0 Å². The van der Waals surface area contributed by atoms with Gasteiger partial charge in [0.1, 0.15) is 5.82 Å². The van der Waals surface area contributed by atoms with Gasteiger partial charge in [-0.2, -0.15) is 0 Å². The molecule has 2 rings (SSSR count). The molecule has 0 aliphatic rings. The highest BCUT2D eigenvalue weighted by Crippen LogP contribution is 2.29. The van der Waals surface area contributed by atoms with Crippen LogP contribution in [-0.2, 0) is 4.74 Å². The topological polar surface area (TPSA) is 39.2 Å². The number of esters is 1. The molecule has 0 saturated carbocycles. The summed E-state index contributed by atoms with van der Waals surface area (Å²) in [6, 6.07) is 6.07. The Morgan fingerprint density at radius 1 is 1.20 bits per heavy atom. The lowest BCUT2D eigenvalue weighted by atomic mass is 10.1.